The smallest absolute Gasteiger partial charge is 0.341 e. The highest BCUT2D eigenvalue weighted by atomic mass is 32.1. The van der Waals surface area contributed by atoms with Gasteiger partial charge in [-0.25, -0.2) is 34.7 Å². The molecule has 1 aliphatic heterocycles. The van der Waals surface area contributed by atoms with Crippen LogP contribution in [0.2, 0.25) is 0 Å². The van der Waals surface area contributed by atoms with Gasteiger partial charge in [0.2, 0.25) is 11.9 Å². The predicted octanol–water partition coefficient (Wildman–Crippen LogP) is 2.65. The third kappa shape index (κ3) is 5.48. The number of esters is 1. The fourth-order valence-electron chi connectivity index (χ4n) is 3.97. The maximum Gasteiger partial charge on any atom is 0.341 e. The summed E-state index contributed by atoms with van der Waals surface area (Å²) in [5, 5.41) is 0. The van der Waals surface area contributed by atoms with Gasteiger partial charge in [-0.2, -0.15) is 0 Å². The van der Waals surface area contributed by atoms with Crippen molar-refractivity contribution in [2.75, 3.05) is 68.8 Å². The number of carbonyl (C=O) groups is 1. The molecule has 4 aromatic heterocycles. The number of aromatic nitrogens is 6. The van der Waals surface area contributed by atoms with Crippen LogP contribution in [-0.2, 0) is 16.0 Å². The second-order valence-electron chi connectivity index (χ2n) is 8.91. The molecule has 12 nitrogen and oxygen atoms in total. The molecular weight excluding hydrogens is 506 g/mol. The summed E-state index contributed by atoms with van der Waals surface area (Å²) in [6.45, 7) is 5.46. The number of ether oxygens (including phenoxy) is 2. The van der Waals surface area contributed by atoms with Crippen molar-refractivity contribution in [1.29, 1.82) is 0 Å². The molecule has 0 unspecified atom stereocenters. The van der Waals surface area contributed by atoms with Crippen molar-refractivity contribution in [2.45, 2.75) is 13.5 Å². The van der Waals surface area contributed by atoms with Gasteiger partial charge in [-0.3, -0.25) is 0 Å². The van der Waals surface area contributed by atoms with Crippen LogP contribution in [0.3, 0.4) is 0 Å². The molecule has 5 rings (SSSR count). The Bertz CT molecular complexity index is 1400. The minimum absolute atomic E-state index is 0.303. The van der Waals surface area contributed by atoms with E-state index in [1.807, 2.05) is 30.9 Å². The Morgan fingerprint density at radius 1 is 1.03 bits per heavy atom. The number of morpholine rings is 1. The van der Waals surface area contributed by atoms with Crippen molar-refractivity contribution < 1.29 is 14.3 Å². The average molecular weight is 536 g/mol. The zero-order chi connectivity index (χ0) is 26.6. The Balaban J connectivity index is 1.45. The number of fused-ring (bicyclic) bond motifs is 1. The quantitative estimate of drug-likeness (QED) is 0.308. The lowest BCUT2D eigenvalue weighted by molar-refractivity contribution is 0.0525. The normalized spacial score (nSPS) is 13.5. The zero-order valence-corrected chi connectivity index (χ0v) is 22.6. The summed E-state index contributed by atoms with van der Waals surface area (Å²) in [4.78, 5) is 46.4. The Labute approximate surface area is 224 Å². The van der Waals surface area contributed by atoms with Gasteiger partial charge in [0.1, 0.15) is 0 Å². The van der Waals surface area contributed by atoms with Crippen molar-refractivity contribution >= 4 is 45.2 Å². The third-order valence-electron chi connectivity index (χ3n) is 5.90. The van der Waals surface area contributed by atoms with E-state index in [4.69, 9.17) is 19.4 Å². The molecule has 0 bridgehead atoms. The first-order chi connectivity index (χ1) is 18.4. The molecule has 0 saturated carbocycles. The SMILES string of the molecule is CCOC(=O)c1cnc(N(C)Cc2cc3nc(-c4cnc(N(C)C)nc4)nc(N4CCOCC4)c3s2)nc1. The van der Waals surface area contributed by atoms with Gasteiger partial charge in [-0.1, -0.05) is 0 Å². The van der Waals surface area contributed by atoms with E-state index in [0.717, 1.165) is 39.6 Å². The molecule has 0 radical (unpaired) electrons. The zero-order valence-electron chi connectivity index (χ0n) is 21.8. The van der Waals surface area contributed by atoms with Crippen LogP contribution in [0.25, 0.3) is 21.6 Å². The molecule has 13 heteroatoms. The van der Waals surface area contributed by atoms with Crippen LogP contribution in [0.1, 0.15) is 22.2 Å². The highest BCUT2D eigenvalue weighted by molar-refractivity contribution is 7.19. The molecule has 38 heavy (non-hydrogen) atoms. The monoisotopic (exact) mass is 535 g/mol. The summed E-state index contributed by atoms with van der Waals surface area (Å²) in [7, 11) is 5.71. The fraction of sp³-hybridized carbons (Fsp3) is 0.400. The Kier molecular flexibility index (Phi) is 7.56. The minimum atomic E-state index is -0.432. The van der Waals surface area contributed by atoms with Crippen LogP contribution in [0, 0.1) is 0 Å². The van der Waals surface area contributed by atoms with Gasteiger partial charge in [-0.15, -0.1) is 11.3 Å². The summed E-state index contributed by atoms with van der Waals surface area (Å²) in [6.07, 6.45) is 6.48. The molecule has 0 aliphatic carbocycles. The van der Waals surface area contributed by atoms with E-state index in [1.54, 1.807) is 30.7 Å². The third-order valence-corrected chi connectivity index (χ3v) is 7.00. The van der Waals surface area contributed by atoms with Gasteiger partial charge < -0.3 is 24.2 Å². The van der Waals surface area contributed by atoms with E-state index >= 15 is 0 Å². The standard InChI is InChI=1S/C25H29N9O3S/c1-5-37-23(35)17-13-28-25(29-14-17)33(4)15-18-10-19-20(38-18)22(34-6-8-36-9-7-34)31-21(30-19)16-11-26-24(27-12-16)32(2)3/h10-14H,5-9,15H2,1-4H3. The second-order valence-corrected chi connectivity index (χ2v) is 10.0. The van der Waals surface area contributed by atoms with Gasteiger partial charge in [0.25, 0.3) is 0 Å². The number of rotatable bonds is 8. The summed E-state index contributed by atoms with van der Waals surface area (Å²) < 4.78 is 11.6. The van der Waals surface area contributed by atoms with E-state index in [9.17, 15) is 4.79 Å². The number of thiophene rings is 1. The number of carbonyl (C=O) groups excluding carboxylic acids is 1. The Morgan fingerprint density at radius 3 is 2.37 bits per heavy atom. The maximum atomic E-state index is 11.9. The van der Waals surface area contributed by atoms with Gasteiger partial charge in [-0.05, 0) is 13.0 Å². The summed E-state index contributed by atoms with van der Waals surface area (Å²) in [5.41, 5.74) is 1.94. The Hall–Kier alpha value is -3.97. The molecule has 0 aromatic carbocycles. The highest BCUT2D eigenvalue weighted by Crippen LogP contribution is 2.35. The van der Waals surface area contributed by atoms with Crippen molar-refractivity contribution in [2.24, 2.45) is 0 Å². The first-order valence-electron chi connectivity index (χ1n) is 12.3. The van der Waals surface area contributed by atoms with E-state index < -0.39 is 5.97 Å². The molecule has 1 aliphatic rings. The first-order valence-corrected chi connectivity index (χ1v) is 13.1. The maximum absolute atomic E-state index is 11.9. The van der Waals surface area contributed by atoms with Crippen LogP contribution in [0.15, 0.2) is 30.9 Å². The van der Waals surface area contributed by atoms with Crippen LogP contribution in [-0.4, -0.2) is 89.9 Å². The lowest BCUT2D eigenvalue weighted by Crippen LogP contribution is -2.36. The number of anilines is 3. The molecule has 4 aromatic rings. The van der Waals surface area contributed by atoms with Crippen molar-refractivity contribution in [3.8, 4) is 11.4 Å². The highest BCUT2D eigenvalue weighted by Gasteiger charge is 2.21. The summed E-state index contributed by atoms with van der Waals surface area (Å²) >= 11 is 1.65. The lowest BCUT2D eigenvalue weighted by Gasteiger charge is -2.28. The first kappa shape index (κ1) is 25.7. The van der Waals surface area contributed by atoms with Crippen molar-refractivity contribution in [3.05, 3.63) is 41.3 Å². The Morgan fingerprint density at radius 2 is 1.71 bits per heavy atom. The molecule has 0 atom stereocenters. The van der Waals surface area contributed by atoms with Gasteiger partial charge >= 0.3 is 5.97 Å². The number of hydrogen-bond donors (Lipinski definition) is 0. The van der Waals surface area contributed by atoms with Gasteiger partial charge in [0.05, 0.1) is 47.7 Å². The van der Waals surface area contributed by atoms with E-state index in [0.29, 0.717) is 49.6 Å². The lowest BCUT2D eigenvalue weighted by atomic mass is 10.3. The van der Waals surface area contributed by atoms with Crippen LogP contribution in [0.4, 0.5) is 17.7 Å². The molecule has 1 saturated heterocycles. The predicted molar refractivity (Wildman–Crippen MR) is 146 cm³/mol. The van der Waals surface area contributed by atoms with Gasteiger partial charge in [0, 0.05) is 63.9 Å². The number of hydrogen-bond acceptors (Lipinski definition) is 13. The van der Waals surface area contributed by atoms with Crippen LogP contribution < -0.4 is 14.7 Å². The molecular formula is C25H29N9O3S. The van der Waals surface area contributed by atoms with Crippen LogP contribution in [0.5, 0.6) is 0 Å². The van der Waals surface area contributed by atoms with Gasteiger partial charge in [0.15, 0.2) is 11.6 Å². The van der Waals surface area contributed by atoms with E-state index in [-0.39, 0.29) is 0 Å². The van der Waals surface area contributed by atoms with Crippen LogP contribution >= 0.6 is 11.3 Å². The summed E-state index contributed by atoms with van der Waals surface area (Å²) in [5.74, 6) is 2.17. The molecule has 198 valence electrons. The number of nitrogens with zero attached hydrogens (tertiary/aromatic N) is 9. The second kappa shape index (κ2) is 11.2. The fourth-order valence-corrected chi connectivity index (χ4v) is 5.14. The molecule has 0 spiro atoms. The molecule has 0 N–H and O–H groups in total. The molecule has 1 fully saturated rings. The minimum Gasteiger partial charge on any atom is -0.462 e. The van der Waals surface area contributed by atoms with E-state index in [2.05, 4.69) is 30.9 Å². The van der Waals surface area contributed by atoms with Crippen molar-refractivity contribution in [1.82, 2.24) is 29.9 Å². The average Bonchev–Trinajstić information content (AvgIpc) is 3.35. The largest absolute Gasteiger partial charge is 0.462 e. The summed E-state index contributed by atoms with van der Waals surface area (Å²) in [6, 6.07) is 2.08. The van der Waals surface area contributed by atoms with Crippen molar-refractivity contribution in [3.63, 3.8) is 0 Å². The molecule has 0 amide bonds. The molecule has 5 heterocycles. The topological polar surface area (TPSA) is 123 Å². The van der Waals surface area contributed by atoms with E-state index in [1.165, 1.54) is 12.4 Å².